The Morgan fingerprint density at radius 3 is 2.91 bits per heavy atom. The zero-order valence-corrected chi connectivity index (χ0v) is 14.1. The van der Waals surface area contributed by atoms with E-state index in [9.17, 15) is 0 Å². The smallest absolute Gasteiger partial charge is 0.163 e. The van der Waals surface area contributed by atoms with Crippen molar-refractivity contribution in [1.82, 2.24) is 14.9 Å². The second-order valence-corrected chi connectivity index (χ2v) is 6.74. The molecule has 1 aromatic carbocycles. The van der Waals surface area contributed by atoms with Gasteiger partial charge in [0.05, 0.1) is 31.8 Å². The molecule has 0 unspecified atom stereocenters. The first-order valence-corrected chi connectivity index (χ1v) is 8.53. The summed E-state index contributed by atoms with van der Waals surface area (Å²) >= 11 is 1.87. The van der Waals surface area contributed by atoms with E-state index in [0.717, 1.165) is 48.7 Å². The number of methoxy groups -OCH3 is 2. The number of hydrogen-bond acceptors (Lipinski definition) is 5. The summed E-state index contributed by atoms with van der Waals surface area (Å²) in [5, 5.41) is 2.19. The van der Waals surface area contributed by atoms with Crippen molar-refractivity contribution in [1.29, 1.82) is 0 Å². The first-order valence-electron chi connectivity index (χ1n) is 7.65. The minimum atomic E-state index is 0.707. The molecule has 3 heterocycles. The number of hydrogen-bond donors (Lipinski definition) is 1. The third kappa shape index (κ3) is 2.68. The molecule has 0 radical (unpaired) electrons. The predicted octanol–water partition coefficient (Wildman–Crippen LogP) is 3.20. The molecule has 0 aliphatic carbocycles. The Labute approximate surface area is 138 Å². The molecule has 0 fully saturated rings. The predicted molar refractivity (Wildman–Crippen MR) is 91.3 cm³/mol. The van der Waals surface area contributed by atoms with Crippen molar-refractivity contribution >= 4 is 22.4 Å². The number of aromatic nitrogens is 2. The van der Waals surface area contributed by atoms with Crippen LogP contribution in [0.25, 0.3) is 11.0 Å². The van der Waals surface area contributed by atoms with Gasteiger partial charge in [-0.05, 0) is 23.4 Å². The van der Waals surface area contributed by atoms with Crippen molar-refractivity contribution in [3.63, 3.8) is 0 Å². The molecule has 1 aliphatic heterocycles. The van der Waals surface area contributed by atoms with Gasteiger partial charge in [0.25, 0.3) is 0 Å². The molecule has 0 atom stereocenters. The Morgan fingerprint density at radius 1 is 1.26 bits per heavy atom. The van der Waals surface area contributed by atoms with Crippen LogP contribution in [0.2, 0.25) is 0 Å². The maximum Gasteiger partial charge on any atom is 0.163 e. The highest BCUT2D eigenvalue weighted by molar-refractivity contribution is 7.10. The minimum Gasteiger partial charge on any atom is -0.493 e. The molecule has 3 aromatic rings. The van der Waals surface area contributed by atoms with Crippen molar-refractivity contribution in [2.75, 3.05) is 20.8 Å². The summed E-state index contributed by atoms with van der Waals surface area (Å²) < 4.78 is 10.7. The van der Waals surface area contributed by atoms with Crippen LogP contribution in [0.4, 0.5) is 0 Å². The summed E-state index contributed by atoms with van der Waals surface area (Å²) in [6.07, 6.45) is 1.13. The van der Waals surface area contributed by atoms with Gasteiger partial charge in [-0.15, -0.1) is 11.3 Å². The monoisotopic (exact) mass is 329 g/mol. The van der Waals surface area contributed by atoms with E-state index in [4.69, 9.17) is 14.5 Å². The van der Waals surface area contributed by atoms with Crippen molar-refractivity contribution in [3.05, 3.63) is 39.8 Å². The molecule has 0 saturated heterocycles. The SMILES string of the molecule is COc1cc2nc(CN3CCc4sccc4C3)[nH]c2cc1OC. The number of nitrogens with zero attached hydrogens (tertiary/aromatic N) is 2. The second kappa shape index (κ2) is 5.86. The quantitative estimate of drug-likeness (QED) is 0.798. The molecule has 0 bridgehead atoms. The van der Waals surface area contributed by atoms with Crippen LogP contribution in [0.15, 0.2) is 23.6 Å². The molecule has 0 saturated carbocycles. The van der Waals surface area contributed by atoms with Gasteiger partial charge >= 0.3 is 0 Å². The van der Waals surface area contributed by atoms with E-state index in [-0.39, 0.29) is 0 Å². The zero-order valence-electron chi connectivity index (χ0n) is 13.3. The van der Waals surface area contributed by atoms with Gasteiger partial charge in [-0.25, -0.2) is 4.98 Å². The number of benzene rings is 1. The van der Waals surface area contributed by atoms with Gasteiger partial charge in [0.1, 0.15) is 5.82 Å². The molecule has 0 spiro atoms. The van der Waals surface area contributed by atoms with Crippen molar-refractivity contribution in [2.45, 2.75) is 19.5 Å². The summed E-state index contributed by atoms with van der Waals surface area (Å²) in [5.74, 6) is 2.41. The number of H-pyrrole nitrogens is 1. The van der Waals surface area contributed by atoms with Gasteiger partial charge in [0.2, 0.25) is 0 Å². The van der Waals surface area contributed by atoms with Gasteiger partial charge in [-0.3, -0.25) is 4.90 Å². The van der Waals surface area contributed by atoms with Crippen molar-refractivity contribution in [3.8, 4) is 11.5 Å². The minimum absolute atomic E-state index is 0.707. The number of thiophene rings is 1. The summed E-state index contributed by atoms with van der Waals surface area (Å²) in [4.78, 5) is 12.1. The summed E-state index contributed by atoms with van der Waals surface area (Å²) in [6.45, 7) is 2.91. The maximum atomic E-state index is 5.35. The standard InChI is InChI=1S/C17H19N3O2S/c1-21-14-7-12-13(8-15(14)22-2)19-17(18-12)10-20-5-3-16-11(9-20)4-6-23-16/h4,6-8H,3,5,9-10H2,1-2H3,(H,18,19). The van der Waals surface area contributed by atoms with E-state index in [1.807, 2.05) is 23.5 Å². The first kappa shape index (κ1) is 14.5. The number of aromatic amines is 1. The number of fused-ring (bicyclic) bond motifs is 2. The zero-order chi connectivity index (χ0) is 15.8. The Kier molecular flexibility index (Phi) is 3.71. The lowest BCUT2D eigenvalue weighted by Crippen LogP contribution is -2.29. The Bertz CT molecular complexity index is 799. The average molecular weight is 329 g/mol. The lowest BCUT2D eigenvalue weighted by atomic mass is 10.1. The highest BCUT2D eigenvalue weighted by atomic mass is 32.1. The van der Waals surface area contributed by atoms with Crippen LogP contribution in [0.1, 0.15) is 16.3 Å². The van der Waals surface area contributed by atoms with E-state index < -0.39 is 0 Å². The van der Waals surface area contributed by atoms with Crippen LogP contribution in [0.5, 0.6) is 11.5 Å². The van der Waals surface area contributed by atoms with Crippen LogP contribution in [-0.4, -0.2) is 35.6 Å². The normalized spacial score (nSPS) is 14.9. The lowest BCUT2D eigenvalue weighted by molar-refractivity contribution is 0.242. The molecule has 1 N–H and O–H groups in total. The fraction of sp³-hybridized carbons (Fsp3) is 0.353. The third-order valence-corrected chi connectivity index (χ3v) is 5.32. The molecule has 0 amide bonds. The molecular formula is C17H19N3O2S. The fourth-order valence-corrected chi connectivity index (χ4v) is 4.01. The number of nitrogens with one attached hydrogen (secondary N) is 1. The molecule has 2 aromatic heterocycles. The summed E-state index contributed by atoms with van der Waals surface area (Å²) in [6, 6.07) is 6.10. The second-order valence-electron chi connectivity index (χ2n) is 5.74. The number of rotatable bonds is 4. The molecule has 4 rings (SSSR count). The van der Waals surface area contributed by atoms with Crippen molar-refractivity contribution in [2.24, 2.45) is 0 Å². The van der Waals surface area contributed by atoms with Gasteiger partial charge in [0.15, 0.2) is 11.5 Å². The van der Waals surface area contributed by atoms with Crippen LogP contribution < -0.4 is 9.47 Å². The van der Waals surface area contributed by atoms with E-state index in [0.29, 0.717) is 5.75 Å². The van der Waals surface area contributed by atoms with E-state index >= 15 is 0 Å². The summed E-state index contributed by atoms with van der Waals surface area (Å²) in [7, 11) is 3.29. The van der Waals surface area contributed by atoms with Crippen LogP contribution >= 0.6 is 11.3 Å². The van der Waals surface area contributed by atoms with Gasteiger partial charge < -0.3 is 14.5 Å². The molecule has 23 heavy (non-hydrogen) atoms. The highest BCUT2D eigenvalue weighted by Gasteiger charge is 2.18. The molecule has 6 heteroatoms. The Morgan fingerprint density at radius 2 is 2.09 bits per heavy atom. The Balaban J connectivity index is 1.58. The van der Waals surface area contributed by atoms with Gasteiger partial charge in [-0.2, -0.15) is 0 Å². The first-order chi connectivity index (χ1) is 11.3. The Hall–Kier alpha value is -2.05. The highest BCUT2D eigenvalue weighted by Crippen LogP contribution is 2.31. The van der Waals surface area contributed by atoms with Crippen LogP contribution in [0.3, 0.4) is 0 Å². The average Bonchev–Trinajstić information content (AvgIpc) is 3.18. The number of imidazole rings is 1. The largest absolute Gasteiger partial charge is 0.493 e. The lowest BCUT2D eigenvalue weighted by Gasteiger charge is -2.25. The molecule has 5 nitrogen and oxygen atoms in total. The third-order valence-electron chi connectivity index (χ3n) is 4.30. The number of ether oxygens (including phenoxy) is 2. The topological polar surface area (TPSA) is 50.4 Å². The molecular weight excluding hydrogens is 310 g/mol. The van der Waals surface area contributed by atoms with E-state index in [2.05, 4.69) is 21.3 Å². The van der Waals surface area contributed by atoms with Crippen LogP contribution in [-0.2, 0) is 19.5 Å². The summed E-state index contributed by atoms with van der Waals surface area (Å²) in [5.41, 5.74) is 3.34. The fourth-order valence-electron chi connectivity index (χ4n) is 3.12. The van der Waals surface area contributed by atoms with E-state index in [1.54, 1.807) is 14.2 Å². The van der Waals surface area contributed by atoms with Gasteiger partial charge in [-0.1, -0.05) is 0 Å². The van der Waals surface area contributed by atoms with Crippen LogP contribution in [0, 0.1) is 0 Å². The van der Waals surface area contributed by atoms with E-state index in [1.165, 1.54) is 10.4 Å². The van der Waals surface area contributed by atoms with Crippen molar-refractivity contribution < 1.29 is 9.47 Å². The van der Waals surface area contributed by atoms with Gasteiger partial charge in [0, 0.05) is 30.1 Å². The molecule has 120 valence electrons. The molecule has 1 aliphatic rings. The maximum absolute atomic E-state index is 5.35.